The van der Waals surface area contributed by atoms with E-state index in [2.05, 4.69) is 31.2 Å². The first-order valence-corrected chi connectivity index (χ1v) is 5.64. The highest BCUT2D eigenvalue weighted by molar-refractivity contribution is 9.10. The van der Waals surface area contributed by atoms with Crippen molar-refractivity contribution in [3.05, 3.63) is 40.0 Å². The van der Waals surface area contributed by atoms with Crippen LogP contribution in [0.4, 0.5) is 17.5 Å². The topological polar surface area (TPSA) is 63.8 Å². The lowest BCUT2D eigenvalue weighted by Crippen LogP contribution is -2.00. The number of anilines is 3. The molecule has 0 atom stereocenters. The molecular formula is C10H8BrClN4. The van der Waals surface area contributed by atoms with Crippen molar-refractivity contribution in [3.8, 4) is 0 Å². The predicted molar refractivity (Wildman–Crippen MR) is 68.9 cm³/mol. The van der Waals surface area contributed by atoms with Crippen molar-refractivity contribution >= 4 is 45.0 Å². The fourth-order valence-electron chi connectivity index (χ4n) is 1.17. The number of rotatable bonds is 2. The number of benzene rings is 1. The molecule has 1 aromatic carbocycles. The van der Waals surface area contributed by atoms with Gasteiger partial charge >= 0.3 is 0 Å². The summed E-state index contributed by atoms with van der Waals surface area (Å²) in [5.74, 6) is 0.788. The standard InChI is InChI=1S/C10H8BrClN4/c11-8-5-9(13)16-10(15-8)14-7-4-2-1-3-6(7)12/h1-5H,(H3,13,14,15,16). The average molecular weight is 300 g/mol. The summed E-state index contributed by atoms with van der Waals surface area (Å²) < 4.78 is 0.620. The van der Waals surface area contributed by atoms with Gasteiger partial charge in [0.15, 0.2) is 0 Å². The number of halogens is 2. The van der Waals surface area contributed by atoms with Crippen molar-refractivity contribution in [2.24, 2.45) is 0 Å². The van der Waals surface area contributed by atoms with E-state index in [1.807, 2.05) is 18.2 Å². The van der Waals surface area contributed by atoms with Crippen LogP contribution in [0.15, 0.2) is 34.9 Å². The maximum atomic E-state index is 5.99. The summed E-state index contributed by atoms with van der Waals surface area (Å²) in [6.45, 7) is 0. The SMILES string of the molecule is Nc1cc(Br)nc(Nc2ccccc2Cl)n1. The van der Waals surface area contributed by atoms with Gasteiger partial charge in [0.1, 0.15) is 10.4 Å². The van der Waals surface area contributed by atoms with Gasteiger partial charge in [-0.05, 0) is 28.1 Å². The molecule has 0 saturated heterocycles. The van der Waals surface area contributed by atoms with Crippen LogP contribution in [0, 0.1) is 0 Å². The minimum absolute atomic E-state index is 0.386. The van der Waals surface area contributed by atoms with Crippen LogP contribution in [0.5, 0.6) is 0 Å². The van der Waals surface area contributed by atoms with Gasteiger partial charge < -0.3 is 11.1 Å². The van der Waals surface area contributed by atoms with E-state index in [1.165, 1.54) is 0 Å². The first-order valence-electron chi connectivity index (χ1n) is 4.47. The molecule has 3 N–H and O–H groups in total. The van der Waals surface area contributed by atoms with Crippen molar-refractivity contribution < 1.29 is 0 Å². The van der Waals surface area contributed by atoms with Crippen LogP contribution in [0.1, 0.15) is 0 Å². The Balaban J connectivity index is 2.30. The second kappa shape index (κ2) is 4.67. The van der Waals surface area contributed by atoms with Crippen LogP contribution in [0.2, 0.25) is 5.02 Å². The molecule has 0 amide bonds. The molecule has 0 aliphatic rings. The van der Waals surface area contributed by atoms with Gasteiger partial charge in [0.25, 0.3) is 0 Å². The van der Waals surface area contributed by atoms with Crippen LogP contribution in [0.3, 0.4) is 0 Å². The van der Waals surface area contributed by atoms with Crippen molar-refractivity contribution in [2.75, 3.05) is 11.1 Å². The Morgan fingerprint density at radius 2 is 2.00 bits per heavy atom. The summed E-state index contributed by atoms with van der Waals surface area (Å²) in [5, 5.41) is 3.59. The Hall–Kier alpha value is -1.33. The second-order valence-corrected chi connectivity index (χ2v) is 4.26. The van der Waals surface area contributed by atoms with Crippen molar-refractivity contribution in [1.29, 1.82) is 0 Å². The molecule has 16 heavy (non-hydrogen) atoms. The van der Waals surface area contributed by atoms with Crippen LogP contribution in [-0.2, 0) is 0 Å². The third-order valence-corrected chi connectivity index (χ3v) is 2.57. The monoisotopic (exact) mass is 298 g/mol. The van der Waals surface area contributed by atoms with Gasteiger partial charge in [0.05, 0.1) is 10.7 Å². The van der Waals surface area contributed by atoms with Crippen LogP contribution < -0.4 is 11.1 Å². The number of nitrogens with zero attached hydrogens (tertiary/aromatic N) is 2. The zero-order chi connectivity index (χ0) is 11.5. The smallest absolute Gasteiger partial charge is 0.230 e. The maximum Gasteiger partial charge on any atom is 0.230 e. The number of para-hydroxylation sites is 1. The molecule has 0 fully saturated rings. The summed E-state index contributed by atoms with van der Waals surface area (Å²) in [5.41, 5.74) is 6.33. The number of nitrogens with two attached hydrogens (primary N) is 1. The average Bonchev–Trinajstić information content (AvgIpc) is 2.20. The summed E-state index contributed by atoms with van der Waals surface area (Å²) in [6.07, 6.45) is 0. The van der Waals surface area contributed by atoms with Crippen LogP contribution in [0.25, 0.3) is 0 Å². The van der Waals surface area contributed by atoms with E-state index in [4.69, 9.17) is 17.3 Å². The maximum absolute atomic E-state index is 5.99. The van der Waals surface area contributed by atoms with Gasteiger partial charge in [0, 0.05) is 6.07 Å². The van der Waals surface area contributed by atoms with Crippen LogP contribution in [-0.4, -0.2) is 9.97 Å². The largest absolute Gasteiger partial charge is 0.383 e. The summed E-state index contributed by atoms with van der Waals surface area (Å²) in [7, 11) is 0. The van der Waals surface area contributed by atoms with E-state index in [1.54, 1.807) is 12.1 Å². The second-order valence-electron chi connectivity index (χ2n) is 3.04. The molecule has 4 nitrogen and oxygen atoms in total. The minimum Gasteiger partial charge on any atom is -0.383 e. The number of nitrogens with one attached hydrogen (secondary N) is 1. The highest BCUT2D eigenvalue weighted by Gasteiger charge is 2.03. The van der Waals surface area contributed by atoms with E-state index in [0.29, 0.717) is 21.4 Å². The number of nitrogen functional groups attached to an aromatic ring is 1. The van der Waals surface area contributed by atoms with Gasteiger partial charge in [-0.2, -0.15) is 4.98 Å². The van der Waals surface area contributed by atoms with Crippen LogP contribution >= 0.6 is 27.5 Å². The fourth-order valence-corrected chi connectivity index (χ4v) is 1.76. The van der Waals surface area contributed by atoms with Crippen molar-refractivity contribution in [2.45, 2.75) is 0 Å². The number of hydrogen-bond acceptors (Lipinski definition) is 4. The zero-order valence-corrected chi connectivity index (χ0v) is 10.5. The van der Waals surface area contributed by atoms with E-state index < -0.39 is 0 Å². The van der Waals surface area contributed by atoms with Gasteiger partial charge in [-0.15, -0.1) is 0 Å². The molecule has 6 heteroatoms. The zero-order valence-electron chi connectivity index (χ0n) is 8.11. The Morgan fingerprint density at radius 3 is 2.69 bits per heavy atom. The normalized spacial score (nSPS) is 10.1. The van der Waals surface area contributed by atoms with Gasteiger partial charge in [0.2, 0.25) is 5.95 Å². The lowest BCUT2D eigenvalue weighted by Gasteiger charge is -2.07. The predicted octanol–water partition coefficient (Wildman–Crippen LogP) is 3.22. The Bertz CT molecular complexity index is 498. The lowest BCUT2D eigenvalue weighted by molar-refractivity contribution is 1.15. The third-order valence-electron chi connectivity index (χ3n) is 1.84. The van der Waals surface area contributed by atoms with E-state index >= 15 is 0 Å². The molecule has 1 aromatic heterocycles. The molecule has 0 aliphatic heterocycles. The molecule has 0 spiro atoms. The minimum atomic E-state index is 0.386. The highest BCUT2D eigenvalue weighted by atomic mass is 79.9. The van der Waals surface area contributed by atoms with Crippen molar-refractivity contribution in [3.63, 3.8) is 0 Å². The first-order chi connectivity index (χ1) is 7.65. The Kier molecular flexibility index (Phi) is 3.26. The molecule has 0 saturated carbocycles. The number of aromatic nitrogens is 2. The molecule has 1 heterocycles. The van der Waals surface area contributed by atoms with E-state index in [0.717, 1.165) is 5.69 Å². The lowest BCUT2D eigenvalue weighted by atomic mass is 10.3. The molecule has 82 valence electrons. The Labute approximate surface area is 106 Å². The van der Waals surface area contributed by atoms with Gasteiger partial charge in [-0.25, -0.2) is 4.98 Å². The molecule has 2 aromatic rings. The fraction of sp³-hybridized carbons (Fsp3) is 0. The molecule has 0 aliphatic carbocycles. The third kappa shape index (κ3) is 2.62. The van der Waals surface area contributed by atoms with Crippen molar-refractivity contribution in [1.82, 2.24) is 9.97 Å². The quantitative estimate of drug-likeness (QED) is 0.836. The van der Waals surface area contributed by atoms with Gasteiger partial charge in [-0.3, -0.25) is 0 Å². The summed E-state index contributed by atoms with van der Waals surface area (Å²) in [4.78, 5) is 8.16. The first kappa shape index (κ1) is 11.2. The Morgan fingerprint density at radius 1 is 1.25 bits per heavy atom. The molecular weight excluding hydrogens is 291 g/mol. The molecule has 0 unspecified atom stereocenters. The highest BCUT2D eigenvalue weighted by Crippen LogP contribution is 2.24. The molecule has 0 radical (unpaired) electrons. The molecule has 0 bridgehead atoms. The summed E-state index contributed by atoms with van der Waals surface area (Å²) >= 11 is 9.23. The number of hydrogen-bond donors (Lipinski definition) is 2. The van der Waals surface area contributed by atoms with Gasteiger partial charge in [-0.1, -0.05) is 23.7 Å². The van der Waals surface area contributed by atoms with E-state index in [9.17, 15) is 0 Å². The van der Waals surface area contributed by atoms with E-state index in [-0.39, 0.29) is 0 Å². The molecule has 2 rings (SSSR count). The summed E-state index contributed by atoms with van der Waals surface area (Å²) in [6, 6.07) is 8.96.